The molecule has 0 spiro atoms. The van der Waals surface area contributed by atoms with Crippen LogP contribution in [0, 0.1) is 5.82 Å². The van der Waals surface area contributed by atoms with Gasteiger partial charge >= 0.3 is 6.03 Å². The molecule has 0 radical (unpaired) electrons. The van der Waals surface area contributed by atoms with Crippen LogP contribution in [0.5, 0.6) is 0 Å². The molecule has 0 atom stereocenters. The van der Waals surface area contributed by atoms with E-state index in [1.807, 2.05) is 0 Å². The number of imide groups is 1. The predicted molar refractivity (Wildman–Crippen MR) is 75.9 cm³/mol. The maximum absolute atomic E-state index is 13.6. The van der Waals surface area contributed by atoms with E-state index in [4.69, 9.17) is 5.73 Å². The van der Waals surface area contributed by atoms with Crippen LogP contribution in [0.15, 0.2) is 23.1 Å². The van der Waals surface area contributed by atoms with Crippen molar-refractivity contribution in [1.82, 2.24) is 10.2 Å². The van der Waals surface area contributed by atoms with Crippen LogP contribution in [0.2, 0.25) is 0 Å². The Bertz CT molecular complexity index is 563. The molecule has 0 aliphatic carbocycles. The number of rotatable bonds is 4. The van der Waals surface area contributed by atoms with E-state index >= 15 is 0 Å². The van der Waals surface area contributed by atoms with Crippen LogP contribution in [-0.4, -0.2) is 34.7 Å². The van der Waals surface area contributed by atoms with Crippen LogP contribution in [-0.2, 0) is 4.79 Å². The summed E-state index contributed by atoms with van der Waals surface area (Å²) in [6.07, 6.45) is 0. The minimum atomic E-state index is -0.867. The summed E-state index contributed by atoms with van der Waals surface area (Å²) >= 11 is 1.24. The highest BCUT2D eigenvalue weighted by Gasteiger charge is 2.43. The lowest BCUT2D eigenvalue weighted by Gasteiger charge is -2.15. The van der Waals surface area contributed by atoms with Crippen molar-refractivity contribution >= 4 is 29.4 Å². The van der Waals surface area contributed by atoms with Crippen LogP contribution in [0.25, 0.3) is 0 Å². The Morgan fingerprint density at radius 3 is 2.65 bits per heavy atom. The zero-order chi connectivity index (χ0) is 14.9. The number of nitrogens with two attached hydrogens (primary N) is 1. The van der Waals surface area contributed by atoms with Crippen LogP contribution in [0.4, 0.5) is 14.9 Å². The summed E-state index contributed by atoms with van der Waals surface area (Å²) in [5.74, 6) is -0.232. The highest BCUT2D eigenvalue weighted by Crippen LogP contribution is 2.24. The maximum Gasteiger partial charge on any atom is 0.325 e. The molecule has 1 saturated heterocycles. The first-order chi connectivity index (χ1) is 9.31. The zero-order valence-electron chi connectivity index (χ0n) is 11.3. The Balaban J connectivity index is 1.93. The van der Waals surface area contributed by atoms with E-state index in [1.54, 1.807) is 26.0 Å². The molecule has 3 amide bonds. The van der Waals surface area contributed by atoms with Gasteiger partial charge in [-0.3, -0.25) is 9.69 Å². The van der Waals surface area contributed by atoms with Gasteiger partial charge in [0.25, 0.3) is 5.91 Å². The van der Waals surface area contributed by atoms with E-state index in [-0.39, 0.29) is 12.5 Å². The number of benzene rings is 1. The predicted octanol–water partition coefficient (Wildman–Crippen LogP) is 1.83. The second kappa shape index (κ2) is 5.32. The third-order valence-electron chi connectivity index (χ3n) is 2.97. The van der Waals surface area contributed by atoms with Gasteiger partial charge in [-0.25, -0.2) is 9.18 Å². The number of halogens is 1. The smallest absolute Gasteiger partial charge is 0.325 e. The fraction of sp³-hybridized carbons (Fsp3) is 0.385. The molecule has 1 aromatic carbocycles. The average Bonchev–Trinajstić information content (AvgIpc) is 2.53. The van der Waals surface area contributed by atoms with Gasteiger partial charge in [0.15, 0.2) is 0 Å². The van der Waals surface area contributed by atoms with Gasteiger partial charge in [0.05, 0.1) is 0 Å². The van der Waals surface area contributed by atoms with Gasteiger partial charge in [0.1, 0.15) is 11.4 Å². The summed E-state index contributed by atoms with van der Waals surface area (Å²) in [6, 6.07) is 4.05. The molecule has 2 rings (SSSR count). The third kappa shape index (κ3) is 2.87. The molecule has 20 heavy (non-hydrogen) atoms. The maximum atomic E-state index is 13.6. The lowest BCUT2D eigenvalue weighted by Crippen LogP contribution is -2.40. The number of nitrogens with one attached hydrogen (secondary N) is 1. The monoisotopic (exact) mass is 297 g/mol. The number of hydrogen-bond donors (Lipinski definition) is 2. The minimum Gasteiger partial charge on any atom is -0.399 e. The lowest BCUT2D eigenvalue weighted by molar-refractivity contribution is -0.130. The van der Waals surface area contributed by atoms with E-state index in [0.29, 0.717) is 16.3 Å². The van der Waals surface area contributed by atoms with Crippen LogP contribution < -0.4 is 11.1 Å². The molecule has 0 saturated carbocycles. The van der Waals surface area contributed by atoms with Crippen LogP contribution in [0.3, 0.4) is 0 Å². The topological polar surface area (TPSA) is 75.4 Å². The second-order valence-corrected chi connectivity index (χ2v) is 6.19. The Morgan fingerprint density at radius 1 is 1.40 bits per heavy atom. The molecular weight excluding hydrogens is 281 g/mol. The largest absolute Gasteiger partial charge is 0.399 e. The standard InChI is InChI=1S/C13H16FN3O2S/c1-13(2)11(18)17(12(19)16-13)5-6-20-10-4-3-8(15)7-9(10)14/h3-4,7H,5-6,15H2,1-2H3,(H,16,19). The molecule has 1 aliphatic rings. The minimum absolute atomic E-state index is 0.239. The van der Waals surface area contributed by atoms with Crippen molar-refractivity contribution in [3.8, 4) is 0 Å². The number of nitrogens with zero attached hydrogens (tertiary/aromatic N) is 1. The number of hydrogen-bond acceptors (Lipinski definition) is 4. The molecule has 108 valence electrons. The molecular formula is C13H16FN3O2S. The average molecular weight is 297 g/mol. The summed E-state index contributed by atoms with van der Waals surface area (Å²) in [5, 5.41) is 2.60. The lowest BCUT2D eigenvalue weighted by atomic mass is 10.1. The Hall–Kier alpha value is -1.76. The van der Waals surface area contributed by atoms with Crippen molar-refractivity contribution in [3.05, 3.63) is 24.0 Å². The normalized spacial score (nSPS) is 17.4. The van der Waals surface area contributed by atoms with E-state index in [2.05, 4.69) is 5.32 Å². The van der Waals surface area contributed by atoms with Gasteiger partial charge < -0.3 is 11.1 Å². The first kappa shape index (κ1) is 14.6. The molecule has 1 aliphatic heterocycles. The highest BCUT2D eigenvalue weighted by atomic mass is 32.2. The van der Waals surface area contributed by atoms with E-state index in [1.165, 1.54) is 17.8 Å². The molecule has 0 unspecified atom stereocenters. The molecule has 1 fully saturated rings. The molecule has 1 heterocycles. The zero-order valence-corrected chi connectivity index (χ0v) is 12.1. The number of thioether (sulfide) groups is 1. The van der Waals surface area contributed by atoms with Crippen LogP contribution in [0.1, 0.15) is 13.8 Å². The van der Waals surface area contributed by atoms with Crippen molar-refractivity contribution < 1.29 is 14.0 Å². The Morgan fingerprint density at radius 2 is 2.10 bits per heavy atom. The molecule has 3 N–H and O–H groups in total. The fourth-order valence-electron chi connectivity index (χ4n) is 1.90. The molecule has 7 heteroatoms. The molecule has 1 aromatic rings. The SMILES string of the molecule is CC1(C)NC(=O)N(CCSc2ccc(N)cc2F)C1=O. The number of nitrogen functional groups attached to an aromatic ring is 1. The number of amides is 3. The van der Waals surface area contributed by atoms with Gasteiger partial charge in [-0.05, 0) is 32.0 Å². The highest BCUT2D eigenvalue weighted by molar-refractivity contribution is 7.99. The summed E-state index contributed by atoms with van der Waals surface area (Å²) < 4.78 is 13.6. The van der Waals surface area contributed by atoms with Gasteiger partial charge in [0.2, 0.25) is 0 Å². The Labute approximate surface area is 120 Å². The summed E-state index contributed by atoms with van der Waals surface area (Å²) in [6.45, 7) is 3.54. The van der Waals surface area contributed by atoms with Crippen molar-refractivity contribution in [2.24, 2.45) is 0 Å². The summed E-state index contributed by atoms with van der Waals surface area (Å²) in [5.41, 5.74) is 4.96. The Kier molecular flexibility index (Phi) is 3.89. The molecule has 5 nitrogen and oxygen atoms in total. The van der Waals surface area contributed by atoms with Gasteiger partial charge in [-0.15, -0.1) is 11.8 Å². The van der Waals surface area contributed by atoms with Crippen molar-refractivity contribution in [2.45, 2.75) is 24.3 Å². The van der Waals surface area contributed by atoms with Crippen molar-refractivity contribution in [2.75, 3.05) is 18.0 Å². The molecule has 0 aromatic heterocycles. The van der Waals surface area contributed by atoms with E-state index in [0.717, 1.165) is 4.90 Å². The van der Waals surface area contributed by atoms with Crippen LogP contribution >= 0.6 is 11.8 Å². The number of carbonyl (C=O) groups excluding carboxylic acids is 2. The number of anilines is 1. The first-order valence-electron chi connectivity index (χ1n) is 6.13. The fourth-order valence-corrected chi connectivity index (χ4v) is 2.76. The van der Waals surface area contributed by atoms with Gasteiger partial charge in [-0.2, -0.15) is 0 Å². The third-order valence-corrected chi connectivity index (χ3v) is 4.00. The van der Waals surface area contributed by atoms with Crippen molar-refractivity contribution in [1.29, 1.82) is 0 Å². The second-order valence-electron chi connectivity index (χ2n) is 5.05. The summed E-state index contributed by atoms with van der Waals surface area (Å²) in [7, 11) is 0. The number of carbonyl (C=O) groups is 2. The van der Waals surface area contributed by atoms with E-state index in [9.17, 15) is 14.0 Å². The summed E-state index contributed by atoms with van der Waals surface area (Å²) in [4.78, 5) is 25.2. The van der Waals surface area contributed by atoms with Crippen molar-refractivity contribution in [3.63, 3.8) is 0 Å². The number of urea groups is 1. The first-order valence-corrected chi connectivity index (χ1v) is 7.12. The van der Waals surface area contributed by atoms with Gasteiger partial charge in [0, 0.05) is 22.9 Å². The quantitative estimate of drug-likeness (QED) is 0.505. The van der Waals surface area contributed by atoms with E-state index < -0.39 is 17.4 Å². The molecule has 0 bridgehead atoms. The van der Waals surface area contributed by atoms with Gasteiger partial charge in [-0.1, -0.05) is 0 Å².